The number of thioether (sulfide) groups is 1. The average Bonchev–Trinajstić information content (AvgIpc) is 2.38. The number of β-amino-alcohol motifs (C(OH)–C–C–N with tert-alkyl or cyclic N) is 1. The van der Waals surface area contributed by atoms with Crippen LogP contribution in [-0.4, -0.2) is 70.8 Å². The van der Waals surface area contributed by atoms with Crippen LogP contribution in [0.2, 0.25) is 0 Å². The van der Waals surface area contributed by atoms with Crippen LogP contribution in [0.1, 0.15) is 33.6 Å². The van der Waals surface area contributed by atoms with Crippen LogP contribution >= 0.6 is 11.8 Å². The summed E-state index contributed by atoms with van der Waals surface area (Å²) < 4.78 is 0. The molecule has 3 atom stereocenters. The summed E-state index contributed by atoms with van der Waals surface area (Å²) in [5.41, 5.74) is 0. The number of hydrogen-bond donors (Lipinski definition) is 1. The van der Waals surface area contributed by atoms with Gasteiger partial charge in [-0.3, -0.25) is 4.90 Å². The topological polar surface area (TPSA) is 26.7 Å². The van der Waals surface area contributed by atoms with Gasteiger partial charge in [0.15, 0.2) is 0 Å². The second-order valence-corrected chi connectivity index (χ2v) is 7.93. The Bertz CT molecular complexity index is 269. The number of likely N-dealkylation sites (tertiary alicyclic amines) is 1. The van der Waals surface area contributed by atoms with Gasteiger partial charge in [0.1, 0.15) is 0 Å². The molecule has 2 fully saturated rings. The Hall–Kier alpha value is 0.230. The molecule has 3 nitrogen and oxygen atoms in total. The SMILES string of the molecule is CC1CCN(CC(O)CN2CCSC(C)C2C)CC1. The summed E-state index contributed by atoms with van der Waals surface area (Å²) in [6.07, 6.45) is 2.40. The number of aliphatic hydroxyl groups is 1. The molecule has 1 N–H and O–H groups in total. The maximum Gasteiger partial charge on any atom is 0.0793 e. The minimum Gasteiger partial charge on any atom is -0.390 e. The highest BCUT2D eigenvalue weighted by Gasteiger charge is 2.27. The fourth-order valence-corrected chi connectivity index (χ4v) is 4.29. The van der Waals surface area contributed by atoms with Crippen molar-refractivity contribution in [1.29, 1.82) is 0 Å². The molecule has 2 aliphatic heterocycles. The van der Waals surface area contributed by atoms with Crippen molar-refractivity contribution in [3.63, 3.8) is 0 Å². The van der Waals surface area contributed by atoms with E-state index < -0.39 is 0 Å². The molecule has 112 valence electrons. The molecule has 2 heterocycles. The highest BCUT2D eigenvalue weighted by molar-refractivity contribution is 8.00. The predicted octanol–water partition coefficient (Wildman–Crippen LogP) is 1.91. The summed E-state index contributed by atoms with van der Waals surface area (Å²) in [4.78, 5) is 4.91. The average molecular weight is 286 g/mol. The fourth-order valence-electron chi connectivity index (χ4n) is 3.12. The first-order chi connectivity index (χ1) is 9.06. The van der Waals surface area contributed by atoms with Crippen LogP contribution < -0.4 is 0 Å². The largest absolute Gasteiger partial charge is 0.390 e. The second-order valence-electron chi connectivity index (χ2n) is 6.45. The minimum absolute atomic E-state index is 0.189. The summed E-state index contributed by atoms with van der Waals surface area (Å²) in [6.45, 7) is 12.1. The molecule has 0 saturated carbocycles. The van der Waals surface area contributed by atoms with E-state index in [-0.39, 0.29) is 6.10 Å². The van der Waals surface area contributed by atoms with Crippen molar-refractivity contribution in [2.24, 2.45) is 5.92 Å². The molecule has 0 radical (unpaired) electrons. The lowest BCUT2D eigenvalue weighted by Gasteiger charge is -2.39. The van der Waals surface area contributed by atoms with Crippen molar-refractivity contribution in [3.05, 3.63) is 0 Å². The Morgan fingerprint density at radius 1 is 1.11 bits per heavy atom. The summed E-state index contributed by atoms with van der Waals surface area (Å²) in [5, 5.41) is 11.0. The molecular weight excluding hydrogens is 256 g/mol. The van der Waals surface area contributed by atoms with Gasteiger partial charge in [-0.1, -0.05) is 13.8 Å². The van der Waals surface area contributed by atoms with Crippen molar-refractivity contribution >= 4 is 11.8 Å². The molecular formula is C15H30N2OS. The monoisotopic (exact) mass is 286 g/mol. The number of rotatable bonds is 4. The van der Waals surface area contributed by atoms with E-state index in [2.05, 4.69) is 42.3 Å². The van der Waals surface area contributed by atoms with E-state index in [0.717, 1.165) is 25.6 Å². The van der Waals surface area contributed by atoms with Gasteiger partial charge < -0.3 is 10.0 Å². The Balaban J connectivity index is 1.73. The van der Waals surface area contributed by atoms with E-state index in [1.807, 2.05) is 0 Å². The first-order valence-electron chi connectivity index (χ1n) is 7.82. The van der Waals surface area contributed by atoms with E-state index in [9.17, 15) is 5.11 Å². The quantitative estimate of drug-likeness (QED) is 0.854. The van der Waals surface area contributed by atoms with E-state index >= 15 is 0 Å². The lowest BCUT2D eigenvalue weighted by atomic mass is 9.99. The van der Waals surface area contributed by atoms with Crippen molar-refractivity contribution < 1.29 is 5.11 Å². The van der Waals surface area contributed by atoms with Gasteiger partial charge in [-0.15, -0.1) is 0 Å². The number of hydrogen-bond acceptors (Lipinski definition) is 4. The van der Waals surface area contributed by atoms with Crippen LogP contribution in [0, 0.1) is 5.92 Å². The molecule has 2 saturated heterocycles. The Labute approximate surface area is 122 Å². The smallest absolute Gasteiger partial charge is 0.0793 e. The molecule has 0 aromatic rings. The molecule has 2 aliphatic rings. The second kappa shape index (κ2) is 7.30. The van der Waals surface area contributed by atoms with Crippen molar-refractivity contribution in [1.82, 2.24) is 9.80 Å². The Morgan fingerprint density at radius 2 is 1.79 bits per heavy atom. The molecule has 3 unspecified atom stereocenters. The molecule has 0 aromatic carbocycles. The third-order valence-electron chi connectivity index (χ3n) is 4.81. The summed E-state index contributed by atoms with van der Waals surface area (Å²) in [6, 6.07) is 0.592. The van der Waals surface area contributed by atoms with Crippen LogP contribution in [0.3, 0.4) is 0 Å². The van der Waals surface area contributed by atoms with Crippen LogP contribution in [0.5, 0.6) is 0 Å². The van der Waals surface area contributed by atoms with Gasteiger partial charge in [-0.05, 0) is 38.8 Å². The number of aliphatic hydroxyl groups excluding tert-OH is 1. The minimum atomic E-state index is -0.189. The highest BCUT2D eigenvalue weighted by atomic mass is 32.2. The lowest BCUT2D eigenvalue weighted by Crippen LogP contribution is -2.50. The summed E-state index contributed by atoms with van der Waals surface area (Å²) in [7, 11) is 0. The van der Waals surface area contributed by atoms with Crippen LogP contribution in [0.4, 0.5) is 0 Å². The molecule has 4 heteroatoms. The van der Waals surface area contributed by atoms with Gasteiger partial charge in [0.05, 0.1) is 6.10 Å². The first kappa shape index (κ1) is 15.6. The van der Waals surface area contributed by atoms with Crippen molar-refractivity contribution in [2.75, 3.05) is 38.5 Å². The van der Waals surface area contributed by atoms with E-state index in [0.29, 0.717) is 11.3 Å². The summed E-state index contributed by atoms with van der Waals surface area (Å²) >= 11 is 2.06. The first-order valence-corrected chi connectivity index (χ1v) is 8.87. The van der Waals surface area contributed by atoms with Crippen LogP contribution in [0.25, 0.3) is 0 Å². The third kappa shape index (κ3) is 4.62. The van der Waals surface area contributed by atoms with Gasteiger partial charge in [-0.2, -0.15) is 11.8 Å². The third-order valence-corrected chi connectivity index (χ3v) is 6.14. The van der Waals surface area contributed by atoms with E-state index in [1.165, 1.54) is 31.7 Å². The van der Waals surface area contributed by atoms with Crippen LogP contribution in [0.15, 0.2) is 0 Å². The Kier molecular flexibility index (Phi) is 6.00. The maximum absolute atomic E-state index is 10.3. The van der Waals surface area contributed by atoms with Gasteiger partial charge in [0, 0.05) is 36.7 Å². The van der Waals surface area contributed by atoms with Crippen molar-refractivity contribution in [2.45, 2.75) is 51.0 Å². The van der Waals surface area contributed by atoms with Gasteiger partial charge in [-0.25, -0.2) is 0 Å². The standard InChI is InChI=1S/C15H30N2OS/c1-12-4-6-16(7-5-12)10-15(18)11-17-8-9-19-14(3)13(17)2/h12-15,18H,4-11H2,1-3H3. The van der Waals surface area contributed by atoms with E-state index in [1.54, 1.807) is 0 Å². The van der Waals surface area contributed by atoms with Crippen LogP contribution in [-0.2, 0) is 0 Å². The zero-order valence-electron chi connectivity index (χ0n) is 12.7. The maximum atomic E-state index is 10.3. The van der Waals surface area contributed by atoms with Gasteiger partial charge in [0.25, 0.3) is 0 Å². The molecule has 19 heavy (non-hydrogen) atoms. The number of piperidine rings is 1. The van der Waals surface area contributed by atoms with Gasteiger partial charge in [0.2, 0.25) is 0 Å². The zero-order valence-corrected chi connectivity index (χ0v) is 13.5. The molecule has 0 aliphatic carbocycles. The predicted molar refractivity (Wildman–Crippen MR) is 83.8 cm³/mol. The normalized spacial score (nSPS) is 33.5. The number of nitrogens with zero attached hydrogens (tertiary/aromatic N) is 2. The van der Waals surface area contributed by atoms with Crippen molar-refractivity contribution in [3.8, 4) is 0 Å². The fraction of sp³-hybridized carbons (Fsp3) is 1.00. The molecule has 2 rings (SSSR count). The molecule has 0 aromatic heterocycles. The highest BCUT2D eigenvalue weighted by Crippen LogP contribution is 2.24. The summed E-state index contributed by atoms with van der Waals surface area (Å²) in [5.74, 6) is 2.08. The molecule has 0 bridgehead atoms. The van der Waals surface area contributed by atoms with Gasteiger partial charge >= 0.3 is 0 Å². The molecule has 0 spiro atoms. The lowest BCUT2D eigenvalue weighted by molar-refractivity contribution is 0.0511. The Morgan fingerprint density at radius 3 is 2.47 bits per heavy atom. The zero-order chi connectivity index (χ0) is 13.8. The van der Waals surface area contributed by atoms with E-state index in [4.69, 9.17) is 0 Å². The molecule has 0 amide bonds.